The molecule has 2 aromatic carbocycles. The van der Waals surface area contributed by atoms with E-state index < -0.39 is 16.1 Å². The lowest BCUT2D eigenvalue weighted by Crippen LogP contribution is -2.26. The molecular weight excluding hydrogens is 382 g/mol. The van der Waals surface area contributed by atoms with Crippen LogP contribution in [-0.2, 0) is 10.0 Å². The molecule has 1 unspecified atom stereocenters. The minimum atomic E-state index is -3.69. The third-order valence-electron chi connectivity index (χ3n) is 4.52. The van der Waals surface area contributed by atoms with E-state index >= 15 is 0 Å². The molecule has 0 aliphatic carbocycles. The van der Waals surface area contributed by atoms with E-state index in [0.717, 1.165) is 11.1 Å². The highest BCUT2D eigenvalue weighted by atomic mass is 32.2. The van der Waals surface area contributed by atoms with Gasteiger partial charge in [-0.25, -0.2) is 13.1 Å². The number of benzene rings is 2. The van der Waals surface area contributed by atoms with Gasteiger partial charge in [0.2, 0.25) is 16.8 Å². The summed E-state index contributed by atoms with van der Waals surface area (Å²) in [5.74, 6) is 1.93. The Labute approximate surface area is 165 Å². The smallest absolute Gasteiger partial charge is 0.240 e. The van der Waals surface area contributed by atoms with E-state index in [9.17, 15) is 13.5 Å². The average molecular weight is 407 g/mol. The second-order valence-electron chi connectivity index (χ2n) is 6.63. The summed E-state index contributed by atoms with van der Waals surface area (Å²) in [6.45, 7) is 6.31. The van der Waals surface area contributed by atoms with E-state index in [0.29, 0.717) is 29.4 Å². The van der Waals surface area contributed by atoms with Gasteiger partial charge in [-0.3, -0.25) is 0 Å². The number of fused-ring (bicyclic) bond motifs is 1. The molecule has 1 atom stereocenters. The maximum absolute atomic E-state index is 12.6. The summed E-state index contributed by atoms with van der Waals surface area (Å²) in [5.41, 5.74) is 2.18. The third-order valence-corrected chi connectivity index (χ3v) is 5.96. The van der Waals surface area contributed by atoms with Crippen molar-refractivity contribution >= 4 is 10.0 Å². The van der Waals surface area contributed by atoms with E-state index in [-0.39, 0.29) is 24.7 Å². The van der Waals surface area contributed by atoms with Crippen molar-refractivity contribution in [2.24, 2.45) is 0 Å². The van der Waals surface area contributed by atoms with Gasteiger partial charge >= 0.3 is 0 Å². The highest BCUT2D eigenvalue weighted by Crippen LogP contribution is 2.34. The Balaban J connectivity index is 1.63. The zero-order chi connectivity index (χ0) is 20.3. The molecule has 3 rings (SSSR count). The summed E-state index contributed by atoms with van der Waals surface area (Å²) in [4.78, 5) is 0.184. The number of aryl methyl sites for hydroxylation is 2. The highest BCUT2D eigenvalue weighted by Gasteiger charge is 2.19. The van der Waals surface area contributed by atoms with Gasteiger partial charge in [0, 0.05) is 6.54 Å². The number of rotatable bonds is 8. The van der Waals surface area contributed by atoms with Gasteiger partial charge in [-0.2, -0.15) is 0 Å². The topological polar surface area (TPSA) is 94.1 Å². The molecule has 1 heterocycles. The number of sulfonamides is 1. The van der Waals surface area contributed by atoms with Crippen molar-refractivity contribution in [1.29, 1.82) is 0 Å². The first-order valence-corrected chi connectivity index (χ1v) is 10.6. The quantitative estimate of drug-likeness (QED) is 0.699. The predicted octanol–water partition coefficient (Wildman–Crippen LogP) is 2.83. The normalized spacial score (nSPS) is 14.1. The fourth-order valence-corrected chi connectivity index (χ4v) is 4.36. The summed E-state index contributed by atoms with van der Waals surface area (Å²) < 4.78 is 43.9. The van der Waals surface area contributed by atoms with Crippen molar-refractivity contribution in [1.82, 2.24) is 4.72 Å². The Morgan fingerprint density at radius 2 is 1.82 bits per heavy atom. The maximum Gasteiger partial charge on any atom is 0.240 e. The van der Waals surface area contributed by atoms with E-state index in [1.54, 1.807) is 30.3 Å². The van der Waals surface area contributed by atoms with Gasteiger partial charge in [0.15, 0.2) is 11.5 Å². The van der Waals surface area contributed by atoms with Crippen LogP contribution in [0.2, 0.25) is 0 Å². The molecule has 0 saturated carbocycles. The molecule has 0 radical (unpaired) electrons. The lowest BCUT2D eigenvalue weighted by molar-refractivity contribution is 0.166. The van der Waals surface area contributed by atoms with Crippen LogP contribution in [0, 0.1) is 13.8 Å². The first-order valence-electron chi connectivity index (χ1n) is 9.13. The van der Waals surface area contributed by atoms with Crippen molar-refractivity contribution in [3.05, 3.63) is 47.0 Å². The zero-order valence-electron chi connectivity index (χ0n) is 16.2. The van der Waals surface area contributed by atoms with Crippen molar-refractivity contribution in [3.63, 3.8) is 0 Å². The number of nitrogens with one attached hydrogen (secondary N) is 1. The van der Waals surface area contributed by atoms with E-state index in [2.05, 4.69) is 4.72 Å². The van der Waals surface area contributed by atoms with Crippen molar-refractivity contribution < 1.29 is 27.7 Å². The predicted molar refractivity (Wildman–Crippen MR) is 104 cm³/mol. The Morgan fingerprint density at radius 3 is 2.50 bits per heavy atom. The lowest BCUT2D eigenvalue weighted by Gasteiger charge is -2.15. The summed E-state index contributed by atoms with van der Waals surface area (Å²) in [7, 11) is -3.69. The number of ether oxygens (including phenoxy) is 3. The Kier molecular flexibility index (Phi) is 6.12. The molecular formula is C20H25NO6S. The second kappa shape index (κ2) is 8.38. The van der Waals surface area contributed by atoms with Crippen LogP contribution in [0.25, 0.3) is 0 Å². The summed E-state index contributed by atoms with van der Waals surface area (Å²) in [5, 5.41) is 10.4. The molecule has 0 bridgehead atoms. The van der Waals surface area contributed by atoms with Crippen LogP contribution < -0.4 is 18.9 Å². The average Bonchev–Trinajstić information content (AvgIpc) is 3.12. The number of hydrogen-bond donors (Lipinski definition) is 2. The summed E-state index contributed by atoms with van der Waals surface area (Å²) in [6.07, 6.45) is -0.588. The molecule has 2 N–H and O–H groups in total. The zero-order valence-corrected chi connectivity index (χ0v) is 17.0. The van der Waals surface area contributed by atoms with Gasteiger partial charge in [0.25, 0.3) is 0 Å². The van der Waals surface area contributed by atoms with Gasteiger partial charge in [-0.1, -0.05) is 6.07 Å². The van der Waals surface area contributed by atoms with Crippen molar-refractivity contribution in [2.45, 2.75) is 38.2 Å². The third kappa shape index (κ3) is 4.40. The minimum absolute atomic E-state index is 0.100. The van der Waals surface area contributed by atoms with Gasteiger partial charge in [-0.05, 0) is 68.1 Å². The standard InChI is InChI=1S/C20H25NO6S/c1-4-25-20-13(2)9-16(10-14(20)3)28(23,24)21-8-7-17(22)15-5-6-18-19(11-15)27-12-26-18/h5-6,9-11,17,21-22H,4,7-8,12H2,1-3H3. The molecule has 0 fully saturated rings. The number of aliphatic hydroxyl groups excluding tert-OH is 1. The number of hydrogen-bond acceptors (Lipinski definition) is 6. The van der Waals surface area contributed by atoms with E-state index in [1.807, 2.05) is 20.8 Å². The maximum atomic E-state index is 12.6. The molecule has 0 amide bonds. The van der Waals surface area contributed by atoms with Crippen LogP contribution in [0.5, 0.6) is 17.2 Å². The first-order chi connectivity index (χ1) is 13.3. The fraction of sp³-hybridized carbons (Fsp3) is 0.400. The molecule has 2 aromatic rings. The van der Waals surface area contributed by atoms with Gasteiger partial charge in [0.1, 0.15) is 5.75 Å². The molecule has 0 spiro atoms. The molecule has 1 aliphatic heterocycles. The van der Waals surface area contributed by atoms with Crippen LogP contribution in [-0.4, -0.2) is 33.5 Å². The molecule has 1 aliphatic rings. The van der Waals surface area contributed by atoms with E-state index in [4.69, 9.17) is 14.2 Å². The van der Waals surface area contributed by atoms with Crippen molar-refractivity contribution in [3.8, 4) is 17.2 Å². The lowest BCUT2D eigenvalue weighted by atomic mass is 10.1. The largest absolute Gasteiger partial charge is 0.493 e. The summed E-state index contributed by atoms with van der Waals surface area (Å²) >= 11 is 0. The van der Waals surface area contributed by atoms with Gasteiger partial charge in [0.05, 0.1) is 17.6 Å². The molecule has 0 saturated heterocycles. The minimum Gasteiger partial charge on any atom is -0.493 e. The Hall–Kier alpha value is -2.29. The van der Waals surface area contributed by atoms with Crippen LogP contribution in [0.1, 0.15) is 36.1 Å². The molecule has 152 valence electrons. The van der Waals surface area contributed by atoms with E-state index in [1.165, 1.54) is 0 Å². The van der Waals surface area contributed by atoms with Crippen LogP contribution in [0.3, 0.4) is 0 Å². The van der Waals surface area contributed by atoms with Crippen LogP contribution in [0.15, 0.2) is 35.2 Å². The molecule has 0 aromatic heterocycles. The van der Waals surface area contributed by atoms with Gasteiger partial charge < -0.3 is 19.3 Å². The molecule has 8 heteroatoms. The monoisotopic (exact) mass is 407 g/mol. The second-order valence-corrected chi connectivity index (χ2v) is 8.40. The fourth-order valence-electron chi connectivity index (χ4n) is 3.14. The Bertz CT molecular complexity index is 934. The summed E-state index contributed by atoms with van der Waals surface area (Å²) in [6, 6.07) is 8.37. The SMILES string of the molecule is CCOc1c(C)cc(S(=O)(=O)NCCC(O)c2ccc3c(c2)OCO3)cc1C. The first kappa shape index (κ1) is 20.4. The van der Waals surface area contributed by atoms with Crippen molar-refractivity contribution in [2.75, 3.05) is 19.9 Å². The molecule has 28 heavy (non-hydrogen) atoms. The van der Waals surface area contributed by atoms with Crippen LogP contribution >= 0.6 is 0 Å². The molecule has 7 nitrogen and oxygen atoms in total. The highest BCUT2D eigenvalue weighted by molar-refractivity contribution is 7.89. The number of aliphatic hydroxyl groups is 1. The van der Waals surface area contributed by atoms with Crippen LogP contribution in [0.4, 0.5) is 0 Å². The Morgan fingerprint density at radius 1 is 1.14 bits per heavy atom. The van der Waals surface area contributed by atoms with Gasteiger partial charge in [-0.15, -0.1) is 0 Å².